The van der Waals surface area contributed by atoms with Crippen LogP contribution in [0.5, 0.6) is 0 Å². The number of benzene rings is 2. The summed E-state index contributed by atoms with van der Waals surface area (Å²) in [5, 5.41) is 5.15. The first kappa shape index (κ1) is 17.2. The minimum absolute atomic E-state index is 0.0639. The molecule has 0 aliphatic heterocycles. The lowest BCUT2D eigenvalue weighted by Gasteiger charge is -2.13. The maximum atomic E-state index is 12.2. The average Bonchev–Trinajstić information content (AvgIpc) is 2.55. The number of anilines is 1. The molecule has 0 fully saturated rings. The molecule has 23 heavy (non-hydrogen) atoms. The smallest absolute Gasteiger partial charge is 0.279 e. The van der Waals surface area contributed by atoms with Gasteiger partial charge in [0.25, 0.3) is 5.91 Å². The summed E-state index contributed by atoms with van der Waals surface area (Å²) in [6, 6.07) is 17.0. The van der Waals surface area contributed by atoms with Crippen molar-refractivity contribution in [1.29, 1.82) is 0 Å². The van der Waals surface area contributed by atoms with Gasteiger partial charge in [0.1, 0.15) is 0 Å². The molecule has 0 unspecified atom stereocenters. The number of amides is 1. The lowest BCUT2D eigenvalue weighted by molar-refractivity contribution is -0.676. The summed E-state index contributed by atoms with van der Waals surface area (Å²) in [5.41, 5.74) is 4.52. The van der Waals surface area contributed by atoms with Crippen LogP contribution in [0.4, 0.5) is 5.69 Å². The maximum Gasteiger partial charge on any atom is 0.279 e. The average molecular weight is 311 g/mol. The van der Waals surface area contributed by atoms with Crippen molar-refractivity contribution in [3.05, 3.63) is 65.2 Å². The molecular weight excluding hydrogens is 284 g/mol. The Morgan fingerprint density at radius 3 is 2.35 bits per heavy atom. The second-order valence-corrected chi connectivity index (χ2v) is 6.26. The van der Waals surface area contributed by atoms with E-state index in [0.717, 1.165) is 29.7 Å². The summed E-state index contributed by atoms with van der Waals surface area (Å²) in [6.45, 7) is 6.68. The summed E-state index contributed by atoms with van der Waals surface area (Å²) in [4.78, 5) is 12.2. The third kappa shape index (κ3) is 5.53. The van der Waals surface area contributed by atoms with Gasteiger partial charge in [-0.1, -0.05) is 48.5 Å². The van der Waals surface area contributed by atoms with Gasteiger partial charge in [-0.2, -0.15) is 0 Å². The van der Waals surface area contributed by atoms with Crippen LogP contribution in [0, 0.1) is 13.8 Å². The van der Waals surface area contributed by atoms with Crippen LogP contribution in [0.25, 0.3) is 0 Å². The molecule has 3 N–H and O–H groups in total. The van der Waals surface area contributed by atoms with Crippen molar-refractivity contribution in [3.63, 3.8) is 0 Å². The molecule has 3 heteroatoms. The Labute approximate surface area is 139 Å². The molecule has 0 saturated heterocycles. The largest absolute Gasteiger partial charge is 0.336 e. The molecule has 122 valence electrons. The van der Waals surface area contributed by atoms with Gasteiger partial charge in [0.15, 0.2) is 6.54 Å². The zero-order valence-electron chi connectivity index (χ0n) is 14.3. The van der Waals surface area contributed by atoms with E-state index in [0.29, 0.717) is 12.6 Å². The van der Waals surface area contributed by atoms with Crippen LogP contribution in [0.3, 0.4) is 0 Å². The monoisotopic (exact) mass is 311 g/mol. The predicted octanol–water partition coefficient (Wildman–Crippen LogP) is 2.83. The number of carbonyl (C=O) groups is 1. The second kappa shape index (κ2) is 8.49. The van der Waals surface area contributed by atoms with Crippen molar-refractivity contribution in [2.75, 3.05) is 11.9 Å². The van der Waals surface area contributed by atoms with Gasteiger partial charge in [-0.15, -0.1) is 0 Å². The fraction of sp³-hybridized carbons (Fsp3) is 0.350. The summed E-state index contributed by atoms with van der Waals surface area (Å²) in [6.07, 6.45) is 2.12. The number of aryl methyl sites for hydroxylation is 3. The highest BCUT2D eigenvalue weighted by atomic mass is 16.1. The van der Waals surface area contributed by atoms with Crippen LogP contribution in [0.15, 0.2) is 48.5 Å². The number of quaternary nitrogens is 1. The molecule has 0 radical (unpaired) electrons. The Morgan fingerprint density at radius 2 is 1.70 bits per heavy atom. The Kier molecular flexibility index (Phi) is 6.36. The summed E-state index contributed by atoms with van der Waals surface area (Å²) < 4.78 is 0. The van der Waals surface area contributed by atoms with Crippen molar-refractivity contribution in [1.82, 2.24) is 0 Å². The fourth-order valence-electron chi connectivity index (χ4n) is 2.67. The fourth-order valence-corrected chi connectivity index (χ4v) is 2.67. The highest BCUT2D eigenvalue weighted by molar-refractivity contribution is 5.92. The third-order valence-corrected chi connectivity index (χ3v) is 4.18. The SMILES string of the molecule is Cc1cccc(C)c1NC(=O)C[NH2+][C@@H](C)CCc1ccccc1. The van der Waals surface area contributed by atoms with E-state index in [2.05, 4.69) is 41.8 Å². The van der Waals surface area contributed by atoms with E-state index >= 15 is 0 Å². The van der Waals surface area contributed by atoms with Gasteiger partial charge in [0, 0.05) is 12.1 Å². The van der Waals surface area contributed by atoms with E-state index in [1.54, 1.807) is 0 Å². The standard InChI is InChI=1S/C20H26N2O/c1-15-8-7-9-16(2)20(15)22-19(23)14-21-17(3)12-13-18-10-5-4-6-11-18/h4-11,17,21H,12-14H2,1-3H3,(H,22,23)/p+1/t17-/m0/s1. The first-order valence-electron chi connectivity index (χ1n) is 8.29. The van der Waals surface area contributed by atoms with Crippen molar-refractivity contribution >= 4 is 11.6 Å². The predicted molar refractivity (Wildman–Crippen MR) is 95.6 cm³/mol. The normalized spacial score (nSPS) is 12.0. The number of rotatable bonds is 7. The Morgan fingerprint density at radius 1 is 1.04 bits per heavy atom. The van der Waals surface area contributed by atoms with Crippen molar-refractivity contribution < 1.29 is 10.1 Å². The minimum atomic E-state index is 0.0639. The van der Waals surface area contributed by atoms with Crippen LogP contribution in [-0.4, -0.2) is 18.5 Å². The Bertz CT molecular complexity index is 617. The van der Waals surface area contributed by atoms with Gasteiger partial charge in [-0.05, 0) is 43.9 Å². The minimum Gasteiger partial charge on any atom is -0.336 e. The molecule has 0 spiro atoms. The molecule has 0 bridgehead atoms. The Balaban J connectivity index is 1.75. The molecule has 2 aromatic carbocycles. The van der Waals surface area contributed by atoms with Crippen LogP contribution < -0.4 is 10.6 Å². The molecule has 1 amide bonds. The molecule has 0 heterocycles. The summed E-state index contributed by atoms with van der Waals surface area (Å²) in [7, 11) is 0. The number of carbonyl (C=O) groups excluding carboxylic acids is 1. The van der Waals surface area contributed by atoms with E-state index in [1.807, 2.05) is 38.1 Å². The van der Waals surface area contributed by atoms with Crippen LogP contribution in [-0.2, 0) is 11.2 Å². The lowest BCUT2D eigenvalue weighted by Crippen LogP contribution is -2.91. The first-order chi connectivity index (χ1) is 11.1. The number of hydrogen-bond acceptors (Lipinski definition) is 1. The van der Waals surface area contributed by atoms with Crippen LogP contribution >= 0.6 is 0 Å². The zero-order valence-corrected chi connectivity index (χ0v) is 14.3. The van der Waals surface area contributed by atoms with Crippen molar-refractivity contribution in [2.24, 2.45) is 0 Å². The van der Waals surface area contributed by atoms with E-state index < -0.39 is 0 Å². The number of nitrogens with two attached hydrogens (primary N) is 1. The Hall–Kier alpha value is -2.13. The number of nitrogens with one attached hydrogen (secondary N) is 1. The van der Waals surface area contributed by atoms with E-state index in [1.165, 1.54) is 5.56 Å². The quantitative estimate of drug-likeness (QED) is 0.811. The zero-order chi connectivity index (χ0) is 16.7. The lowest BCUT2D eigenvalue weighted by atomic mass is 10.1. The molecule has 1 atom stereocenters. The highest BCUT2D eigenvalue weighted by Gasteiger charge is 2.11. The van der Waals surface area contributed by atoms with Gasteiger partial charge in [0.2, 0.25) is 0 Å². The van der Waals surface area contributed by atoms with Crippen molar-refractivity contribution in [3.8, 4) is 0 Å². The van der Waals surface area contributed by atoms with Crippen molar-refractivity contribution in [2.45, 2.75) is 39.7 Å². The molecular formula is C20H27N2O+. The molecule has 0 aliphatic rings. The van der Waals surface area contributed by atoms with E-state index in [9.17, 15) is 4.79 Å². The van der Waals surface area contributed by atoms with Gasteiger partial charge < -0.3 is 10.6 Å². The second-order valence-electron chi connectivity index (χ2n) is 6.26. The van der Waals surface area contributed by atoms with E-state index in [-0.39, 0.29) is 5.91 Å². The van der Waals surface area contributed by atoms with Gasteiger partial charge >= 0.3 is 0 Å². The number of hydrogen-bond donors (Lipinski definition) is 2. The highest BCUT2D eigenvalue weighted by Crippen LogP contribution is 2.18. The maximum absolute atomic E-state index is 12.2. The van der Waals surface area contributed by atoms with Crippen LogP contribution in [0.1, 0.15) is 30.0 Å². The molecule has 2 aromatic rings. The first-order valence-corrected chi connectivity index (χ1v) is 8.29. The van der Waals surface area contributed by atoms with Gasteiger partial charge in [-0.3, -0.25) is 4.79 Å². The van der Waals surface area contributed by atoms with E-state index in [4.69, 9.17) is 0 Å². The molecule has 3 nitrogen and oxygen atoms in total. The molecule has 0 aromatic heterocycles. The molecule has 2 rings (SSSR count). The summed E-state index contributed by atoms with van der Waals surface area (Å²) >= 11 is 0. The third-order valence-electron chi connectivity index (χ3n) is 4.18. The summed E-state index contributed by atoms with van der Waals surface area (Å²) in [5.74, 6) is 0.0639. The van der Waals surface area contributed by atoms with Crippen LogP contribution in [0.2, 0.25) is 0 Å². The van der Waals surface area contributed by atoms with Gasteiger partial charge in [0.05, 0.1) is 6.04 Å². The van der Waals surface area contributed by atoms with Gasteiger partial charge in [-0.25, -0.2) is 0 Å². The number of para-hydroxylation sites is 1. The molecule has 0 aliphatic carbocycles. The molecule has 0 saturated carbocycles. The topological polar surface area (TPSA) is 45.7 Å².